The quantitative estimate of drug-likeness (QED) is 0.575. The maximum absolute atomic E-state index is 13.8. The molecule has 1 amide bonds. The van der Waals surface area contributed by atoms with E-state index in [0.717, 1.165) is 40.4 Å². The molecule has 0 saturated heterocycles. The number of nitrogens with one attached hydrogen (secondary N) is 1. The molecule has 0 saturated carbocycles. The normalized spacial score (nSPS) is 11.0. The highest BCUT2D eigenvalue weighted by Crippen LogP contribution is 2.29. The predicted molar refractivity (Wildman–Crippen MR) is 103 cm³/mol. The van der Waals surface area contributed by atoms with Gasteiger partial charge in [0, 0.05) is 17.6 Å². The zero-order valence-corrected chi connectivity index (χ0v) is 15.0. The molecule has 2 heterocycles. The number of halogens is 2. The van der Waals surface area contributed by atoms with Crippen LogP contribution < -0.4 is 5.32 Å². The summed E-state index contributed by atoms with van der Waals surface area (Å²) in [5, 5.41) is 7.65. The van der Waals surface area contributed by atoms with E-state index in [4.69, 9.17) is 0 Å². The highest BCUT2D eigenvalue weighted by atomic mass is 19.1. The zero-order chi connectivity index (χ0) is 19.7. The predicted octanol–water partition coefficient (Wildman–Crippen LogP) is 4.32. The summed E-state index contributed by atoms with van der Waals surface area (Å²) in [6.45, 7) is 1.67. The lowest BCUT2D eigenvalue weighted by Gasteiger charge is -2.08. The van der Waals surface area contributed by atoms with Gasteiger partial charge < -0.3 is 5.32 Å². The molecule has 0 bridgehead atoms. The summed E-state index contributed by atoms with van der Waals surface area (Å²) in [4.78, 5) is 16.7. The molecule has 2 aromatic carbocycles. The molecular formula is C21H16F2N4O. The number of carbonyl (C=O) groups excluding carboxylic acids is 1. The van der Waals surface area contributed by atoms with E-state index in [1.54, 1.807) is 6.20 Å². The maximum Gasteiger partial charge on any atom is 0.246 e. The summed E-state index contributed by atoms with van der Waals surface area (Å²) < 4.78 is 28.5. The second-order valence-electron chi connectivity index (χ2n) is 6.34. The van der Waals surface area contributed by atoms with Crippen molar-refractivity contribution in [2.45, 2.75) is 13.5 Å². The third-order valence-electron chi connectivity index (χ3n) is 4.39. The Morgan fingerprint density at radius 1 is 1.11 bits per heavy atom. The van der Waals surface area contributed by atoms with Crippen molar-refractivity contribution in [1.82, 2.24) is 14.8 Å². The number of pyridine rings is 1. The summed E-state index contributed by atoms with van der Waals surface area (Å²) in [6.07, 6.45) is 1.66. The van der Waals surface area contributed by atoms with Gasteiger partial charge in [0.05, 0.1) is 11.4 Å². The molecule has 0 radical (unpaired) electrons. The van der Waals surface area contributed by atoms with Gasteiger partial charge in [-0.2, -0.15) is 5.10 Å². The minimum absolute atomic E-state index is 0.175. The highest BCUT2D eigenvalue weighted by molar-refractivity contribution is 5.96. The molecule has 2 aromatic heterocycles. The molecule has 0 atom stereocenters. The number of rotatable bonds is 4. The Morgan fingerprint density at radius 3 is 2.68 bits per heavy atom. The number of hydrogen-bond donors (Lipinski definition) is 1. The number of aryl methyl sites for hydroxylation is 1. The summed E-state index contributed by atoms with van der Waals surface area (Å²) in [5.74, 6) is -1.87. The van der Waals surface area contributed by atoms with E-state index >= 15 is 0 Å². The first-order chi connectivity index (χ1) is 13.5. The smallest absolute Gasteiger partial charge is 0.246 e. The third kappa shape index (κ3) is 3.34. The number of aromatic nitrogens is 3. The number of benzene rings is 2. The van der Waals surface area contributed by atoms with E-state index in [0.29, 0.717) is 5.65 Å². The Bertz CT molecular complexity index is 1170. The monoisotopic (exact) mass is 378 g/mol. The van der Waals surface area contributed by atoms with Crippen LogP contribution in [0.25, 0.3) is 22.2 Å². The maximum atomic E-state index is 13.8. The molecule has 0 unspecified atom stereocenters. The van der Waals surface area contributed by atoms with E-state index in [9.17, 15) is 13.6 Å². The molecule has 140 valence electrons. The number of fused-ring (bicyclic) bond motifs is 1. The number of amides is 1. The van der Waals surface area contributed by atoms with Crippen molar-refractivity contribution in [3.8, 4) is 11.1 Å². The van der Waals surface area contributed by atoms with Gasteiger partial charge in [-0.1, -0.05) is 30.3 Å². The molecule has 0 aliphatic heterocycles. The molecule has 4 aromatic rings. The van der Waals surface area contributed by atoms with Gasteiger partial charge in [0.15, 0.2) is 5.65 Å². The van der Waals surface area contributed by atoms with Gasteiger partial charge in [0.2, 0.25) is 5.91 Å². The Balaban J connectivity index is 1.67. The number of nitrogens with zero attached hydrogens (tertiary/aromatic N) is 3. The van der Waals surface area contributed by atoms with E-state index in [1.807, 2.05) is 43.3 Å². The van der Waals surface area contributed by atoms with E-state index in [1.165, 1.54) is 4.68 Å². The summed E-state index contributed by atoms with van der Waals surface area (Å²) >= 11 is 0. The fourth-order valence-corrected chi connectivity index (χ4v) is 3.17. The molecule has 0 aliphatic rings. The number of hydrogen-bond acceptors (Lipinski definition) is 3. The Kier molecular flexibility index (Phi) is 4.57. The Hall–Kier alpha value is -3.61. The second kappa shape index (κ2) is 7.19. The lowest BCUT2D eigenvalue weighted by Crippen LogP contribution is -2.20. The molecule has 7 heteroatoms. The molecule has 0 aliphatic carbocycles. The van der Waals surface area contributed by atoms with Crippen molar-refractivity contribution in [2.24, 2.45) is 0 Å². The average Bonchev–Trinajstić information content (AvgIpc) is 3.01. The number of anilines is 1. The second-order valence-corrected chi connectivity index (χ2v) is 6.34. The van der Waals surface area contributed by atoms with Crippen molar-refractivity contribution < 1.29 is 13.6 Å². The van der Waals surface area contributed by atoms with Crippen LogP contribution >= 0.6 is 0 Å². The van der Waals surface area contributed by atoms with Crippen LogP contribution in [0.3, 0.4) is 0 Å². The molecule has 0 spiro atoms. The highest BCUT2D eigenvalue weighted by Gasteiger charge is 2.16. The fraction of sp³-hybridized carbons (Fsp3) is 0.0952. The minimum Gasteiger partial charge on any atom is -0.322 e. The fourth-order valence-electron chi connectivity index (χ4n) is 3.17. The Labute approximate surface area is 159 Å². The van der Waals surface area contributed by atoms with Gasteiger partial charge in [-0.15, -0.1) is 0 Å². The van der Waals surface area contributed by atoms with Crippen LogP contribution in [0.1, 0.15) is 5.69 Å². The zero-order valence-electron chi connectivity index (χ0n) is 15.0. The van der Waals surface area contributed by atoms with Gasteiger partial charge in [0.25, 0.3) is 0 Å². The van der Waals surface area contributed by atoms with Gasteiger partial charge in [-0.25, -0.2) is 18.4 Å². The van der Waals surface area contributed by atoms with Crippen LogP contribution in [-0.2, 0) is 11.3 Å². The van der Waals surface area contributed by atoms with Crippen LogP contribution in [0.4, 0.5) is 14.5 Å². The molecule has 5 nitrogen and oxygen atoms in total. The molecular weight excluding hydrogens is 362 g/mol. The van der Waals surface area contributed by atoms with Crippen molar-refractivity contribution in [1.29, 1.82) is 0 Å². The van der Waals surface area contributed by atoms with Crippen LogP contribution in [0.5, 0.6) is 0 Å². The molecule has 28 heavy (non-hydrogen) atoms. The van der Waals surface area contributed by atoms with Crippen molar-refractivity contribution in [2.75, 3.05) is 5.32 Å². The molecule has 4 rings (SSSR count). The van der Waals surface area contributed by atoms with Crippen molar-refractivity contribution >= 4 is 22.6 Å². The van der Waals surface area contributed by atoms with Crippen molar-refractivity contribution in [3.05, 3.63) is 78.1 Å². The van der Waals surface area contributed by atoms with E-state index in [-0.39, 0.29) is 12.2 Å². The number of carbonyl (C=O) groups is 1. The van der Waals surface area contributed by atoms with Gasteiger partial charge in [-0.05, 0) is 36.2 Å². The SMILES string of the molecule is Cc1nn(CC(=O)Nc2cc(F)ccc2F)c2nccc(-c3ccccc3)c12. The van der Waals surface area contributed by atoms with Crippen LogP contribution in [0.2, 0.25) is 0 Å². The lowest BCUT2D eigenvalue weighted by atomic mass is 10.0. The van der Waals surface area contributed by atoms with E-state index in [2.05, 4.69) is 15.4 Å². The van der Waals surface area contributed by atoms with Gasteiger partial charge >= 0.3 is 0 Å². The largest absolute Gasteiger partial charge is 0.322 e. The molecule has 1 N–H and O–H groups in total. The standard InChI is InChI=1S/C21H16F2N4O/c1-13-20-16(14-5-3-2-4-6-14)9-10-24-21(20)27(26-13)12-19(28)25-18-11-15(22)7-8-17(18)23/h2-11H,12H2,1H3,(H,25,28). The first-order valence-corrected chi connectivity index (χ1v) is 8.65. The first-order valence-electron chi connectivity index (χ1n) is 8.65. The van der Waals surface area contributed by atoms with E-state index < -0.39 is 17.5 Å². The summed E-state index contributed by atoms with van der Waals surface area (Å²) in [5.41, 5.74) is 3.05. The van der Waals surface area contributed by atoms with Crippen LogP contribution in [0, 0.1) is 18.6 Å². The van der Waals surface area contributed by atoms with Crippen molar-refractivity contribution in [3.63, 3.8) is 0 Å². The minimum atomic E-state index is -0.708. The Morgan fingerprint density at radius 2 is 1.89 bits per heavy atom. The molecule has 0 fully saturated rings. The topological polar surface area (TPSA) is 59.8 Å². The van der Waals surface area contributed by atoms with Gasteiger partial charge in [-0.3, -0.25) is 4.79 Å². The summed E-state index contributed by atoms with van der Waals surface area (Å²) in [7, 11) is 0. The summed E-state index contributed by atoms with van der Waals surface area (Å²) in [6, 6.07) is 14.6. The first kappa shape index (κ1) is 17.8. The lowest BCUT2D eigenvalue weighted by molar-refractivity contribution is -0.116. The van der Waals surface area contributed by atoms with Crippen LogP contribution in [-0.4, -0.2) is 20.7 Å². The average molecular weight is 378 g/mol. The van der Waals surface area contributed by atoms with Gasteiger partial charge in [0.1, 0.15) is 18.2 Å². The van der Waals surface area contributed by atoms with Crippen LogP contribution in [0.15, 0.2) is 60.8 Å². The third-order valence-corrected chi connectivity index (χ3v) is 4.39.